The van der Waals surface area contributed by atoms with Gasteiger partial charge in [0, 0.05) is 17.5 Å². The number of hydrogen-bond acceptors (Lipinski definition) is 5. The lowest BCUT2D eigenvalue weighted by Crippen LogP contribution is -2.09. The van der Waals surface area contributed by atoms with Gasteiger partial charge in [-0.05, 0) is 6.92 Å². The highest BCUT2D eigenvalue weighted by molar-refractivity contribution is 7.99. The van der Waals surface area contributed by atoms with Crippen LogP contribution < -0.4 is 5.56 Å². The van der Waals surface area contributed by atoms with Crippen LogP contribution >= 0.6 is 11.8 Å². The van der Waals surface area contributed by atoms with Crippen LogP contribution in [0.2, 0.25) is 0 Å². The van der Waals surface area contributed by atoms with E-state index >= 15 is 0 Å². The molecule has 0 atom stereocenters. The number of H-pyrrole nitrogens is 1. The van der Waals surface area contributed by atoms with E-state index in [1.54, 1.807) is 6.92 Å². The maximum Gasteiger partial charge on any atom is 0.306 e. The summed E-state index contributed by atoms with van der Waals surface area (Å²) in [5.74, 6) is 0.275. The molecule has 0 aliphatic rings. The monoisotopic (exact) mass is 228 g/mol. The number of aromatic amines is 1. The molecule has 0 saturated heterocycles. The van der Waals surface area contributed by atoms with Crippen molar-refractivity contribution in [2.45, 2.75) is 18.5 Å². The van der Waals surface area contributed by atoms with Gasteiger partial charge in [0.2, 0.25) is 0 Å². The molecule has 1 rings (SSSR count). The number of hydrogen-bond donors (Lipinski definition) is 1. The first-order valence-electron chi connectivity index (χ1n) is 4.39. The summed E-state index contributed by atoms with van der Waals surface area (Å²) in [6.45, 7) is 1.75. The first-order chi connectivity index (χ1) is 7.11. The zero-order valence-electron chi connectivity index (χ0n) is 8.57. The number of thioether (sulfide) groups is 1. The summed E-state index contributed by atoms with van der Waals surface area (Å²) in [5.41, 5.74) is 0.488. The Balaban J connectivity index is 2.51. The predicted molar refractivity (Wildman–Crippen MR) is 57.0 cm³/mol. The molecule has 0 spiro atoms. The number of carbonyl (C=O) groups is 1. The van der Waals surface area contributed by atoms with Crippen molar-refractivity contribution in [2.24, 2.45) is 0 Å². The smallest absolute Gasteiger partial charge is 0.306 e. The molecule has 0 aliphatic carbocycles. The molecule has 0 bridgehead atoms. The molecule has 0 unspecified atom stereocenters. The number of aromatic nitrogens is 2. The second-order valence-electron chi connectivity index (χ2n) is 2.87. The lowest BCUT2D eigenvalue weighted by molar-refractivity contribution is -0.140. The quantitative estimate of drug-likeness (QED) is 0.467. The molecule has 0 aromatic carbocycles. The van der Waals surface area contributed by atoms with Crippen LogP contribution in [0.25, 0.3) is 0 Å². The second kappa shape index (κ2) is 5.55. The van der Waals surface area contributed by atoms with Gasteiger partial charge in [-0.15, -0.1) is 0 Å². The summed E-state index contributed by atoms with van der Waals surface area (Å²) >= 11 is 1.32. The molecule has 0 saturated carbocycles. The van der Waals surface area contributed by atoms with E-state index in [1.807, 2.05) is 0 Å². The van der Waals surface area contributed by atoms with E-state index in [-0.39, 0.29) is 11.5 Å². The van der Waals surface area contributed by atoms with Gasteiger partial charge in [0.15, 0.2) is 5.16 Å². The molecular weight excluding hydrogens is 216 g/mol. The lowest BCUT2D eigenvalue weighted by Gasteiger charge is -2.00. The molecule has 1 aromatic rings. The van der Waals surface area contributed by atoms with Gasteiger partial charge < -0.3 is 9.72 Å². The van der Waals surface area contributed by atoms with E-state index < -0.39 is 0 Å². The predicted octanol–water partition coefficient (Wildman–Crippen LogP) is 0.734. The number of nitrogens with zero attached hydrogens (tertiary/aromatic N) is 1. The molecule has 0 aliphatic heterocycles. The number of nitrogens with one attached hydrogen (secondary N) is 1. The molecular formula is C9H12N2O3S. The van der Waals surface area contributed by atoms with Crippen LogP contribution in [0.4, 0.5) is 0 Å². The molecule has 1 heterocycles. The highest BCUT2D eigenvalue weighted by atomic mass is 32.2. The largest absolute Gasteiger partial charge is 0.469 e. The average Bonchev–Trinajstić information content (AvgIpc) is 2.16. The summed E-state index contributed by atoms with van der Waals surface area (Å²) in [5, 5.41) is 0.531. The highest BCUT2D eigenvalue weighted by Crippen LogP contribution is 2.12. The Morgan fingerprint density at radius 2 is 2.40 bits per heavy atom. The summed E-state index contributed by atoms with van der Waals surface area (Å²) < 4.78 is 4.49. The van der Waals surface area contributed by atoms with Gasteiger partial charge in [0.1, 0.15) is 0 Å². The standard InChI is InChI=1S/C9H12N2O3S/c1-6-5-7(12)11-9(10-6)15-4-3-8(13)14-2/h5H,3-4H2,1-2H3,(H,10,11,12). The van der Waals surface area contributed by atoms with Crippen molar-refractivity contribution in [2.75, 3.05) is 12.9 Å². The first-order valence-corrected chi connectivity index (χ1v) is 5.38. The van der Waals surface area contributed by atoms with Gasteiger partial charge in [-0.25, -0.2) is 4.98 Å². The number of carbonyl (C=O) groups excluding carboxylic acids is 1. The lowest BCUT2D eigenvalue weighted by atomic mass is 10.5. The maximum atomic E-state index is 11.1. The van der Waals surface area contributed by atoms with Gasteiger partial charge in [0.05, 0.1) is 13.5 Å². The summed E-state index contributed by atoms with van der Waals surface area (Å²) in [6, 6.07) is 1.42. The molecule has 15 heavy (non-hydrogen) atoms. The molecule has 1 N–H and O–H groups in total. The molecule has 0 radical (unpaired) electrons. The van der Waals surface area contributed by atoms with Gasteiger partial charge in [-0.2, -0.15) is 0 Å². The zero-order chi connectivity index (χ0) is 11.3. The fraction of sp³-hybridized carbons (Fsp3) is 0.444. The Labute approximate surface area is 91.3 Å². The first kappa shape index (κ1) is 11.8. The number of aryl methyl sites for hydroxylation is 1. The normalized spacial score (nSPS) is 10.0. The van der Waals surface area contributed by atoms with Crippen LogP contribution in [0.5, 0.6) is 0 Å². The van der Waals surface area contributed by atoms with E-state index in [2.05, 4.69) is 14.7 Å². The number of rotatable bonds is 4. The third kappa shape index (κ3) is 4.16. The van der Waals surface area contributed by atoms with E-state index in [9.17, 15) is 9.59 Å². The molecule has 82 valence electrons. The van der Waals surface area contributed by atoms with E-state index in [0.717, 1.165) is 0 Å². The van der Waals surface area contributed by atoms with E-state index in [4.69, 9.17) is 0 Å². The Morgan fingerprint density at radius 1 is 1.67 bits per heavy atom. The molecule has 6 heteroatoms. The third-order valence-corrected chi connectivity index (χ3v) is 2.50. The van der Waals surface area contributed by atoms with Crippen molar-refractivity contribution in [3.8, 4) is 0 Å². The van der Waals surface area contributed by atoms with Crippen molar-refractivity contribution in [1.29, 1.82) is 0 Å². The van der Waals surface area contributed by atoms with Gasteiger partial charge in [-0.1, -0.05) is 11.8 Å². The van der Waals surface area contributed by atoms with Crippen LogP contribution in [-0.2, 0) is 9.53 Å². The summed E-state index contributed by atoms with van der Waals surface area (Å²) in [7, 11) is 1.35. The van der Waals surface area contributed by atoms with E-state index in [0.29, 0.717) is 23.0 Å². The summed E-state index contributed by atoms with van der Waals surface area (Å²) in [4.78, 5) is 28.6. The molecule has 1 aromatic heterocycles. The molecule has 0 fully saturated rings. The number of ether oxygens (including phenoxy) is 1. The third-order valence-electron chi connectivity index (χ3n) is 1.62. The number of methoxy groups -OCH3 is 1. The second-order valence-corrected chi connectivity index (χ2v) is 3.95. The van der Waals surface area contributed by atoms with Crippen LogP contribution in [-0.4, -0.2) is 28.8 Å². The fourth-order valence-electron chi connectivity index (χ4n) is 0.953. The summed E-state index contributed by atoms with van der Waals surface area (Å²) in [6.07, 6.45) is 0.304. The van der Waals surface area contributed by atoms with Crippen molar-refractivity contribution in [3.63, 3.8) is 0 Å². The Kier molecular flexibility index (Phi) is 4.36. The maximum absolute atomic E-state index is 11.1. The highest BCUT2D eigenvalue weighted by Gasteiger charge is 2.03. The minimum atomic E-state index is -0.266. The minimum absolute atomic E-state index is 0.178. The van der Waals surface area contributed by atoms with Gasteiger partial charge >= 0.3 is 5.97 Å². The Bertz CT molecular complexity index is 403. The average molecular weight is 228 g/mol. The Hall–Kier alpha value is -1.30. The minimum Gasteiger partial charge on any atom is -0.469 e. The fourth-order valence-corrected chi connectivity index (χ4v) is 1.80. The van der Waals surface area contributed by atoms with Gasteiger partial charge in [-0.3, -0.25) is 9.59 Å². The van der Waals surface area contributed by atoms with Crippen LogP contribution in [0.15, 0.2) is 16.0 Å². The Morgan fingerprint density at radius 3 is 3.00 bits per heavy atom. The topological polar surface area (TPSA) is 72.0 Å². The van der Waals surface area contributed by atoms with Crippen molar-refractivity contribution >= 4 is 17.7 Å². The molecule has 5 nitrogen and oxygen atoms in total. The van der Waals surface area contributed by atoms with Crippen LogP contribution in [0.3, 0.4) is 0 Å². The van der Waals surface area contributed by atoms with Crippen molar-refractivity contribution < 1.29 is 9.53 Å². The van der Waals surface area contributed by atoms with Gasteiger partial charge in [0.25, 0.3) is 5.56 Å². The van der Waals surface area contributed by atoms with E-state index in [1.165, 1.54) is 24.9 Å². The SMILES string of the molecule is COC(=O)CCSc1nc(C)cc(=O)[nH]1. The van der Waals surface area contributed by atoms with Crippen LogP contribution in [0.1, 0.15) is 12.1 Å². The number of esters is 1. The molecule has 0 amide bonds. The van der Waals surface area contributed by atoms with Crippen LogP contribution in [0, 0.1) is 6.92 Å². The van der Waals surface area contributed by atoms with Crippen molar-refractivity contribution in [3.05, 3.63) is 22.1 Å². The zero-order valence-corrected chi connectivity index (χ0v) is 9.39. The van der Waals surface area contributed by atoms with Crippen molar-refractivity contribution in [1.82, 2.24) is 9.97 Å².